The van der Waals surface area contributed by atoms with E-state index in [-0.39, 0.29) is 37.1 Å². The van der Waals surface area contributed by atoms with Crippen molar-refractivity contribution < 1.29 is 14.1 Å². The minimum absolute atomic E-state index is 0.161. The number of hydrogen-bond acceptors (Lipinski definition) is 8. The highest BCUT2D eigenvalue weighted by atomic mass is 79.9. The van der Waals surface area contributed by atoms with E-state index in [0.29, 0.717) is 5.82 Å². The summed E-state index contributed by atoms with van der Waals surface area (Å²) in [6.45, 7) is 0.675. The van der Waals surface area contributed by atoms with Crippen molar-refractivity contribution in [2.75, 3.05) is 13.1 Å². The summed E-state index contributed by atoms with van der Waals surface area (Å²) in [5.41, 5.74) is 0.200. The molecule has 3 aromatic rings. The lowest BCUT2D eigenvalue weighted by Crippen LogP contribution is -2.35. The summed E-state index contributed by atoms with van der Waals surface area (Å²) in [6.07, 6.45) is 7.62. The van der Waals surface area contributed by atoms with E-state index in [1.807, 2.05) is 0 Å². The summed E-state index contributed by atoms with van der Waals surface area (Å²) in [5, 5.41) is 13.0. The van der Waals surface area contributed by atoms with E-state index in [9.17, 15) is 9.59 Å². The van der Waals surface area contributed by atoms with Crippen LogP contribution in [0.15, 0.2) is 40.0 Å². The van der Waals surface area contributed by atoms with Crippen molar-refractivity contribution in [3.8, 4) is 0 Å². The van der Waals surface area contributed by atoms with Crippen LogP contribution in [0, 0.1) is 0 Å². The first kappa shape index (κ1) is 17.7. The molecule has 134 valence electrons. The number of rotatable bonds is 7. The zero-order chi connectivity index (χ0) is 18.4. The van der Waals surface area contributed by atoms with Gasteiger partial charge in [-0.1, -0.05) is 5.16 Å². The van der Waals surface area contributed by atoms with Gasteiger partial charge in [-0.25, -0.2) is 4.98 Å². The molecule has 12 heteroatoms. The van der Waals surface area contributed by atoms with E-state index in [4.69, 9.17) is 4.52 Å². The molecule has 0 saturated carbocycles. The number of carbonyl (C=O) groups is 2. The van der Waals surface area contributed by atoms with E-state index in [1.54, 1.807) is 17.1 Å². The third kappa shape index (κ3) is 4.69. The molecule has 0 aliphatic heterocycles. The smallest absolute Gasteiger partial charge is 0.316 e. The van der Waals surface area contributed by atoms with E-state index in [0.717, 1.165) is 4.47 Å². The highest BCUT2D eigenvalue weighted by Gasteiger charge is 2.15. The van der Waals surface area contributed by atoms with Crippen LogP contribution in [-0.4, -0.2) is 54.8 Å². The molecule has 11 nitrogen and oxygen atoms in total. The van der Waals surface area contributed by atoms with Crippen LogP contribution in [0.5, 0.6) is 0 Å². The lowest BCUT2D eigenvalue weighted by Gasteiger charge is -2.04. The Morgan fingerprint density at radius 3 is 2.65 bits per heavy atom. The van der Waals surface area contributed by atoms with Crippen LogP contribution in [0.3, 0.4) is 0 Å². The molecule has 0 radical (unpaired) electrons. The standard InChI is InChI=1S/C14H13BrN8O3/c15-9-5-20-23(7-9)8-11-21-14(26-22-11)13(25)19-4-3-18-12(24)10-6-16-1-2-17-10/h1-2,5-7H,3-4,8H2,(H,18,24)(H,19,25). The fourth-order valence-electron chi connectivity index (χ4n) is 1.91. The van der Waals surface area contributed by atoms with E-state index in [1.165, 1.54) is 18.6 Å². The maximum Gasteiger partial charge on any atom is 0.316 e. The minimum Gasteiger partial charge on any atom is -0.349 e. The van der Waals surface area contributed by atoms with Crippen molar-refractivity contribution in [1.82, 2.24) is 40.5 Å². The number of nitrogens with zero attached hydrogens (tertiary/aromatic N) is 6. The first-order valence-corrected chi connectivity index (χ1v) is 8.24. The second kappa shape index (κ2) is 8.29. The fourth-order valence-corrected chi connectivity index (χ4v) is 2.24. The molecule has 0 atom stereocenters. The topological polar surface area (TPSA) is 141 Å². The predicted molar refractivity (Wildman–Crippen MR) is 90.0 cm³/mol. The van der Waals surface area contributed by atoms with Gasteiger partial charge < -0.3 is 15.2 Å². The number of amides is 2. The molecule has 3 rings (SSSR count). The summed E-state index contributed by atoms with van der Waals surface area (Å²) in [6, 6.07) is 0. The van der Waals surface area contributed by atoms with Crippen molar-refractivity contribution in [3.63, 3.8) is 0 Å². The monoisotopic (exact) mass is 420 g/mol. The molecular weight excluding hydrogens is 408 g/mol. The second-order valence-electron chi connectivity index (χ2n) is 4.97. The summed E-state index contributed by atoms with van der Waals surface area (Å²) in [4.78, 5) is 35.4. The quantitative estimate of drug-likeness (QED) is 0.509. The number of halogens is 1. The van der Waals surface area contributed by atoms with E-state index >= 15 is 0 Å². The Morgan fingerprint density at radius 1 is 1.15 bits per heavy atom. The molecule has 0 unspecified atom stereocenters. The molecule has 2 amide bonds. The van der Waals surface area contributed by atoms with Crippen LogP contribution in [0.1, 0.15) is 27.0 Å². The van der Waals surface area contributed by atoms with Crippen molar-refractivity contribution in [2.45, 2.75) is 6.54 Å². The molecule has 0 aromatic carbocycles. The number of carbonyl (C=O) groups excluding carboxylic acids is 2. The molecule has 0 aliphatic rings. The highest BCUT2D eigenvalue weighted by molar-refractivity contribution is 9.10. The normalized spacial score (nSPS) is 10.5. The number of nitrogens with one attached hydrogen (secondary N) is 2. The Balaban J connectivity index is 1.43. The van der Waals surface area contributed by atoms with E-state index < -0.39 is 5.91 Å². The van der Waals surface area contributed by atoms with Gasteiger partial charge in [0.2, 0.25) is 0 Å². The van der Waals surface area contributed by atoms with Crippen LogP contribution < -0.4 is 10.6 Å². The molecule has 26 heavy (non-hydrogen) atoms. The largest absolute Gasteiger partial charge is 0.349 e. The third-order valence-electron chi connectivity index (χ3n) is 3.06. The van der Waals surface area contributed by atoms with Gasteiger partial charge in [-0.2, -0.15) is 10.1 Å². The minimum atomic E-state index is -0.529. The van der Waals surface area contributed by atoms with Gasteiger partial charge in [0.25, 0.3) is 5.91 Å². The van der Waals surface area contributed by atoms with Gasteiger partial charge >= 0.3 is 11.8 Å². The third-order valence-corrected chi connectivity index (χ3v) is 3.47. The lowest BCUT2D eigenvalue weighted by atomic mass is 10.4. The molecule has 0 spiro atoms. The second-order valence-corrected chi connectivity index (χ2v) is 5.89. The van der Waals surface area contributed by atoms with Gasteiger partial charge in [0, 0.05) is 31.7 Å². The maximum absolute atomic E-state index is 12.0. The molecule has 3 aromatic heterocycles. The molecule has 0 aliphatic carbocycles. The summed E-state index contributed by atoms with van der Waals surface area (Å²) in [5.74, 6) is -0.745. The van der Waals surface area contributed by atoms with Crippen molar-refractivity contribution in [3.05, 3.63) is 52.9 Å². The van der Waals surface area contributed by atoms with Gasteiger partial charge in [0.1, 0.15) is 12.2 Å². The van der Waals surface area contributed by atoms with Crippen molar-refractivity contribution in [1.29, 1.82) is 0 Å². The predicted octanol–water partition coefficient (Wildman–Crippen LogP) is 0.0267. The Morgan fingerprint density at radius 2 is 1.96 bits per heavy atom. The Bertz CT molecular complexity index is 895. The molecule has 3 heterocycles. The van der Waals surface area contributed by atoms with Crippen molar-refractivity contribution >= 4 is 27.7 Å². The number of hydrogen-bond donors (Lipinski definition) is 2. The van der Waals surface area contributed by atoms with Gasteiger partial charge in [0.05, 0.1) is 16.9 Å². The average molecular weight is 421 g/mol. The van der Waals surface area contributed by atoms with Crippen LogP contribution in [0.4, 0.5) is 0 Å². The SMILES string of the molecule is O=C(NCCNC(=O)c1nc(Cn2cc(Br)cn2)no1)c1cnccn1. The van der Waals surface area contributed by atoms with Crippen LogP contribution >= 0.6 is 15.9 Å². The Hall–Kier alpha value is -3.15. The van der Waals surface area contributed by atoms with Gasteiger partial charge in [0.15, 0.2) is 5.82 Å². The lowest BCUT2D eigenvalue weighted by molar-refractivity contribution is 0.0897. The fraction of sp³-hybridized carbons (Fsp3) is 0.214. The van der Waals surface area contributed by atoms with Gasteiger partial charge in [-0.15, -0.1) is 0 Å². The van der Waals surface area contributed by atoms with Crippen LogP contribution in [-0.2, 0) is 6.54 Å². The molecular formula is C14H13BrN8O3. The molecule has 2 N–H and O–H groups in total. The molecule has 0 bridgehead atoms. The Labute approximate surface area is 155 Å². The van der Waals surface area contributed by atoms with Crippen LogP contribution in [0.2, 0.25) is 0 Å². The van der Waals surface area contributed by atoms with Gasteiger partial charge in [-0.05, 0) is 15.9 Å². The molecule has 0 fully saturated rings. The Kier molecular flexibility index (Phi) is 5.63. The number of aromatic nitrogens is 6. The van der Waals surface area contributed by atoms with Gasteiger partial charge in [-0.3, -0.25) is 19.3 Å². The zero-order valence-corrected chi connectivity index (χ0v) is 14.9. The maximum atomic E-state index is 12.0. The summed E-state index contributed by atoms with van der Waals surface area (Å²) >= 11 is 3.29. The van der Waals surface area contributed by atoms with Crippen molar-refractivity contribution in [2.24, 2.45) is 0 Å². The summed E-state index contributed by atoms with van der Waals surface area (Å²) in [7, 11) is 0. The summed E-state index contributed by atoms with van der Waals surface area (Å²) < 4.78 is 7.34. The van der Waals surface area contributed by atoms with E-state index in [2.05, 4.69) is 51.8 Å². The highest BCUT2D eigenvalue weighted by Crippen LogP contribution is 2.07. The zero-order valence-electron chi connectivity index (χ0n) is 13.3. The first-order chi connectivity index (χ1) is 12.6. The van der Waals surface area contributed by atoms with Crippen LogP contribution in [0.25, 0.3) is 0 Å². The molecule has 0 saturated heterocycles. The average Bonchev–Trinajstić information content (AvgIpc) is 3.28. The first-order valence-electron chi connectivity index (χ1n) is 7.45.